The van der Waals surface area contributed by atoms with E-state index < -0.39 is 33.5 Å². The van der Waals surface area contributed by atoms with Gasteiger partial charge >= 0.3 is 11.9 Å². The van der Waals surface area contributed by atoms with E-state index in [1.807, 2.05) is 4.72 Å². The lowest BCUT2D eigenvalue weighted by Gasteiger charge is -2.09. The topological polar surface area (TPSA) is 130 Å². The van der Waals surface area contributed by atoms with E-state index in [2.05, 4.69) is 4.74 Å². The SMILES string of the molecule is COC(=O)CS(=O)(=O)Nc1cc(C(=O)O)ccc1O. The number of rotatable bonds is 5. The molecule has 0 fully saturated rings. The summed E-state index contributed by atoms with van der Waals surface area (Å²) in [5, 5.41) is 18.2. The monoisotopic (exact) mass is 289 g/mol. The number of phenols is 1. The summed E-state index contributed by atoms with van der Waals surface area (Å²) in [5.41, 5.74) is -0.544. The summed E-state index contributed by atoms with van der Waals surface area (Å²) in [7, 11) is -3.06. The van der Waals surface area contributed by atoms with Gasteiger partial charge in [0.15, 0.2) is 5.75 Å². The summed E-state index contributed by atoms with van der Waals surface area (Å²) >= 11 is 0. The van der Waals surface area contributed by atoms with Crippen LogP contribution < -0.4 is 4.72 Å². The molecular weight excluding hydrogens is 278 g/mol. The van der Waals surface area contributed by atoms with Crippen molar-refractivity contribution in [1.82, 2.24) is 0 Å². The fourth-order valence-corrected chi connectivity index (χ4v) is 2.17. The molecule has 0 saturated carbocycles. The predicted octanol–water partition coefficient (Wildman–Crippen LogP) is 0.00510. The third-order valence-electron chi connectivity index (χ3n) is 2.04. The Kier molecular flexibility index (Phi) is 4.33. The Balaban J connectivity index is 3.02. The Labute approximate surface area is 108 Å². The summed E-state index contributed by atoms with van der Waals surface area (Å²) in [4.78, 5) is 21.6. The molecule has 0 unspecified atom stereocenters. The Morgan fingerprint density at radius 1 is 1.37 bits per heavy atom. The van der Waals surface area contributed by atoms with Gasteiger partial charge in [0.1, 0.15) is 5.75 Å². The fourth-order valence-electron chi connectivity index (χ4n) is 1.17. The van der Waals surface area contributed by atoms with Gasteiger partial charge in [0.05, 0.1) is 18.4 Å². The standard InChI is InChI=1S/C10H11NO7S/c1-18-9(13)5-19(16,17)11-7-4-6(10(14)15)2-3-8(7)12/h2-4,11-12H,5H2,1H3,(H,14,15). The van der Waals surface area contributed by atoms with E-state index in [1.54, 1.807) is 0 Å². The molecule has 1 aromatic carbocycles. The number of carboxylic acid groups (broad SMARTS) is 1. The lowest BCUT2D eigenvalue weighted by atomic mass is 10.2. The highest BCUT2D eigenvalue weighted by Gasteiger charge is 2.19. The van der Waals surface area contributed by atoms with Crippen LogP contribution in [0.25, 0.3) is 0 Å². The van der Waals surface area contributed by atoms with E-state index in [0.29, 0.717) is 0 Å². The van der Waals surface area contributed by atoms with Gasteiger partial charge in [-0.1, -0.05) is 0 Å². The molecule has 0 atom stereocenters. The summed E-state index contributed by atoms with van der Waals surface area (Å²) in [6.45, 7) is 0. The number of carbonyl (C=O) groups excluding carboxylic acids is 1. The van der Waals surface area contributed by atoms with Crippen LogP contribution in [-0.4, -0.2) is 43.4 Å². The number of nitrogens with one attached hydrogen (secondary N) is 1. The average Bonchev–Trinajstić information content (AvgIpc) is 2.30. The van der Waals surface area contributed by atoms with Gasteiger partial charge < -0.3 is 14.9 Å². The lowest BCUT2D eigenvalue weighted by Crippen LogP contribution is -2.23. The maximum Gasteiger partial charge on any atom is 0.335 e. The molecule has 3 N–H and O–H groups in total. The number of hydrogen-bond donors (Lipinski definition) is 3. The molecule has 0 heterocycles. The lowest BCUT2D eigenvalue weighted by molar-refractivity contribution is -0.137. The molecule has 0 aliphatic rings. The zero-order chi connectivity index (χ0) is 14.6. The smallest absolute Gasteiger partial charge is 0.335 e. The van der Waals surface area contributed by atoms with Gasteiger partial charge in [-0.05, 0) is 18.2 Å². The highest BCUT2D eigenvalue weighted by molar-refractivity contribution is 7.93. The van der Waals surface area contributed by atoms with Crippen LogP contribution in [0.2, 0.25) is 0 Å². The second-order valence-corrected chi connectivity index (χ2v) is 5.20. The Bertz CT molecular complexity index is 608. The molecule has 0 spiro atoms. The fraction of sp³-hybridized carbons (Fsp3) is 0.200. The first-order valence-corrected chi connectivity index (χ1v) is 6.54. The third kappa shape index (κ3) is 4.14. The number of esters is 1. The molecule has 0 amide bonds. The number of carboxylic acids is 1. The minimum atomic E-state index is -4.09. The van der Waals surface area contributed by atoms with Crippen LogP contribution >= 0.6 is 0 Å². The summed E-state index contributed by atoms with van der Waals surface area (Å²) < 4.78 is 29.2. The van der Waals surface area contributed by atoms with E-state index in [4.69, 9.17) is 5.11 Å². The van der Waals surface area contributed by atoms with E-state index in [1.165, 1.54) is 0 Å². The number of sulfonamides is 1. The highest BCUT2D eigenvalue weighted by Crippen LogP contribution is 2.25. The van der Waals surface area contributed by atoms with Gasteiger partial charge in [0.2, 0.25) is 10.0 Å². The Morgan fingerprint density at radius 2 is 2.00 bits per heavy atom. The molecule has 0 aliphatic heterocycles. The minimum Gasteiger partial charge on any atom is -0.506 e. The first-order chi connectivity index (χ1) is 8.75. The van der Waals surface area contributed by atoms with Crippen LogP contribution in [-0.2, 0) is 19.6 Å². The predicted molar refractivity (Wildman–Crippen MR) is 64.5 cm³/mol. The maximum atomic E-state index is 11.5. The summed E-state index contributed by atoms with van der Waals surface area (Å²) in [6.07, 6.45) is 0. The molecule has 0 saturated heterocycles. The zero-order valence-electron chi connectivity index (χ0n) is 9.78. The molecule has 0 aliphatic carbocycles. The third-order valence-corrected chi connectivity index (χ3v) is 3.19. The maximum absolute atomic E-state index is 11.5. The van der Waals surface area contributed by atoms with E-state index >= 15 is 0 Å². The average molecular weight is 289 g/mol. The van der Waals surface area contributed by atoms with Crippen molar-refractivity contribution in [2.24, 2.45) is 0 Å². The van der Waals surface area contributed by atoms with Crippen molar-refractivity contribution in [3.63, 3.8) is 0 Å². The van der Waals surface area contributed by atoms with Crippen LogP contribution in [0.4, 0.5) is 5.69 Å². The van der Waals surface area contributed by atoms with Crippen LogP contribution in [0.3, 0.4) is 0 Å². The van der Waals surface area contributed by atoms with Gasteiger partial charge in [-0.3, -0.25) is 9.52 Å². The number of aromatic hydroxyl groups is 1. The number of methoxy groups -OCH3 is 1. The number of anilines is 1. The molecule has 0 aromatic heterocycles. The Hall–Kier alpha value is -2.29. The summed E-state index contributed by atoms with van der Waals surface area (Å²) in [5.74, 6) is -3.67. The molecule has 0 bridgehead atoms. The van der Waals surface area contributed by atoms with E-state index in [-0.39, 0.29) is 11.3 Å². The van der Waals surface area contributed by atoms with Gasteiger partial charge in [-0.15, -0.1) is 0 Å². The molecule has 1 aromatic rings. The van der Waals surface area contributed by atoms with Crippen LogP contribution in [0.5, 0.6) is 5.75 Å². The van der Waals surface area contributed by atoms with Crippen molar-refractivity contribution < 1.29 is 33.0 Å². The van der Waals surface area contributed by atoms with Gasteiger partial charge in [0.25, 0.3) is 0 Å². The first-order valence-electron chi connectivity index (χ1n) is 4.89. The van der Waals surface area contributed by atoms with Crippen molar-refractivity contribution in [3.05, 3.63) is 23.8 Å². The van der Waals surface area contributed by atoms with Gasteiger partial charge in [0, 0.05) is 0 Å². The number of benzene rings is 1. The second-order valence-electron chi connectivity index (χ2n) is 3.47. The molecule has 9 heteroatoms. The number of ether oxygens (including phenoxy) is 1. The molecule has 8 nitrogen and oxygen atoms in total. The minimum absolute atomic E-state index is 0.214. The quantitative estimate of drug-likeness (QED) is 0.514. The Morgan fingerprint density at radius 3 is 2.53 bits per heavy atom. The van der Waals surface area contributed by atoms with Crippen molar-refractivity contribution >= 4 is 27.6 Å². The van der Waals surface area contributed by atoms with Gasteiger partial charge in [-0.2, -0.15) is 0 Å². The molecule has 19 heavy (non-hydrogen) atoms. The van der Waals surface area contributed by atoms with E-state index in [9.17, 15) is 23.1 Å². The molecular formula is C10H11NO7S. The molecule has 1 rings (SSSR count). The largest absolute Gasteiger partial charge is 0.506 e. The van der Waals surface area contributed by atoms with Crippen LogP contribution in [0.15, 0.2) is 18.2 Å². The van der Waals surface area contributed by atoms with Crippen molar-refractivity contribution in [1.29, 1.82) is 0 Å². The van der Waals surface area contributed by atoms with Gasteiger partial charge in [-0.25, -0.2) is 13.2 Å². The first kappa shape index (κ1) is 14.8. The normalized spacial score (nSPS) is 10.8. The zero-order valence-corrected chi connectivity index (χ0v) is 10.6. The molecule has 0 radical (unpaired) electrons. The number of phenolic OH excluding ortho intramolecular Hbond substituents is 1. The van der Waals surface area contributed by atoms with Crippen LogP contribution in [0, 0.1) is 0 Å². The number of aromatic carboxylic acids is 1. The second kappa shape index (κ2) is 5.57. The van der Waals surface area contributed by atoms with Crippen LogP contribution in [0.1, 0.15) is 10.4 Å². The van der Waals surface area contributed by atoms with E-state index in [0.717, 1.165) is 25.3 Å². The number of carbonyl (C=O) groups is 2. The number of hydrogen-bond acceptors (Lipinski definition) is 6. The van der Waals surface area contributed by atoms with Crippen molar-refractivity contribution in [3.8, 4) is 5.75 Å². The molecule has 104 valence electrons. The van der Waals surface area contributed by atoms with Crippen molar-refractivity contribution in [2.45, 2.75) is 0 Å². The summed E-state index contributed by atoms with van der Waals surface area (Å²) in [6, 6.07) is 3.07. The highest BCUT2D eigenvalue weighted by atomic mass is 32.2. The van der Waals surface area contributed by atoms with Crippen molar-refractivity contribution in [2.75, 3.05) is 17.6 Å².